The van der Waals surface area contributed by atoms with Gasteiger partial charge in [0.15, 0.2) is 0 Å². The van der Waals surface area contributed by atoms with E-state index in [2.05, 4.69) is 21.4 Å². The number of halogens is 2. The summed E-state index contributed by atoms with van der Waals surface area (Å²) in [5, 5.41) is 0. The van der Waals surface area contributed by atoms with Crippen molar-refractivity contribution in [3.8, 4) is 5.75 Å². The van der Waals surface area contributed by atoms with Crippen molar-refractivity contribution in [1.82, 2.24) is 5.43 Å². The maximum atomic E-state index is 13.7. The molecule has 3 rings (SSSR count). The van der Waals surface area contributed by atoms with Crippen LogP contribution in [0.1, 0.15) is 22.7 Å². The van der Waals surface area contributed by atoms with Gasteiger partial charge in [-0.25, -0.2) is 9.82 Å². The van der Waals surface area contributed by atoms with E-state index in [0.29, 0.717) is 11.1 Å². The van der Waals surface area contributed by atoms with Crippen LogP contribution < -0.4 is 16.0 Å². The third-order valence-electron chi connectivity index (χ3n) is 3.51. The van der Waals surface area contributed by atoms with Gasteiger partial charge in [0.25, 0.3) is 0 Å². The Hall–Kier alpha value is -1.43. The molecule has 0 fully saturated rings. The van der Waals surface area contributed by atoms with Crippen molar-refractivity contribution in [3.05, 3.63) is 63.4 Å². The smallest absolute Gasteiger partial charge is 0.137 e. The van der Waals surface area contributed by atoms with Crippen LogP contribution in [0.4, 0.5) is 4.39 Å². The molecule has 0 radical (unpaired) electrons. The largest absolute Gasteiger partial charge is 0.493 e. The van der Waals surface area contributed by atoms with Gasteiger partial charge in [-0.05, 0) is 33.1 Å². The highest BCUT2D eigenvalue weighted by Crippen LogP contribution is 2.38. The summed E-state index contributed by atoms with van der Waals surface area (Å²) in [6.07, 6.45) is 0.894. The molecule has 0 aromatic heterocycles. The van der Waals surface area contributed by atoms with Crippen LogP contribution in [0.5, 0.6) is 5.75 Å². The van der Waals surface area contributed by atoms with Crippen LogP contribution in [-0.2, 0) is 6.42 Å². The zero-order chi connectivity index (χ0) is 14.1. The molecule has 0 saturated carbocycles. The molecule has 2 aromatic carbocycles. The summed E-state index contributed by atoms with van der Waals surface area (Å²) in [5.41, 5.74) is 5.59. The summed E-state index contributed by atoms with van der Waals surface area (Å²) in [7, 11) is 0. The topological polar surface area (TPSA) is 47.3 Å². The molecule has 0 spiro atoms. The van der Waals surface area contributed by atoms with Crippen molar-refractivity contribution >= 4 is 15.9 Å². The van der Waals surface area contributed by atoms with Gasteiger partial charge in [-0.2, -0.15) is 0 Å². The van der Waals surface area contributed by atoms with Crippen molar-refractivity contribution in [2.24, 2.45) is 5.84 Å². The Morgan fingerprint density at radius 3 is 2.75 bits per heavy atom. The van der Waals surface area contributed by atoms with Crippen LogP contribution in [0.15, 0.2) is 40.9 Å². The number of benzene rings is 2. The lowest BCUT2D eigenvalue weighted by Gasteiger charge is -2.20. The fraction of sp³-hybridized carbons (Fsp3) is 0.200. The molecule has 0 amide bonds. The molecule has 2 aromatic rings. The predicted molar refractivity (Wildman–Crippen MR) is 78.9 cm³/mol. The molecule has 20 heavy (non-hydrogen) atoms. The first-order valence-electron chi connectivity index (χ1n) is 6.37. The second-order valence-corrected chi connectivity index (χ2v) is 5.47. The van der Waals surface area contributed by atoms with E-state index in [1.165, 1.54) is 6.07 Å². The van der Waals surface area contributed by atoms with E-state index in [4.69, 9.17) is 10.6 Å². The third kappa shape index (κ3) is 2.22. The lowest BCUT2D eigenvalue weighted by molar-refractivity contribution is 0.350. The first-order valence-corrected chi connectivity index (χ1v) is 7.16. The lowest BCUT2D eigenvalue weighted by atomic mass is 9.96. The number of fused-ring (bicyclic) bond motifs is 1. The van der Waals surface area contributed by atoms with Gasteiger partial charge in [0.2, 0.25) is 0 Å². The molecular formula is C15H14BrFN2O. The second-order valence-electron chi connectivity index (χ2n) is 4.68. The number of nitrogens with two attached hydrogens (primary N) is 1. The van der Waals surface area contributed by atoms with Crippen LogP contribution >= 0.6 is 15.9 Å². The normalized spacial score (nSPS) is 14.8. The minimum Gasteiger partial charge on any atom is -0.493 e. The molecule has 1 heterocycles. The van der Waals surface area contributed by atoms with Crippen molar-refractivity contribution in [3.63, 3.8) is 0 Å². The zero-order valence-corrected chi connectivity index (χ0v) is 12.3. The molecule has 3 nitrogen and oxygen atoms in total. The first-order chi connectivity index (χ1) is 9.72. The quantitative estimate of drug-likeness (QED) is 0.668. The van der Waals surface area contributed by atoms with Crippen LogP contribution in [0.3, 0.4) is 0 Å². The fourth-order valence-corrected chi connectivity index (χ4v) is 3.05. The molecule has 5 heteroatoms. The van der Waals surface area contributed by atoms with Gasteiger partial charge in [-0.15, -0.1) is 0 Å². The van der Waals surface area contributed by atoms with Gasteiger partial charge in [0.05, 0.1) is 17.1 Å². The summed E-state index contributed by atoms with van der Waals surface area (Å²) < 4.78 is 19.8. The highest BCUT2D eigenvalue weighted by molar-refractivity contribution is 9.10. The Kier molecular flexibility index (Phi) is 3.74. The van der Waals surface area contributed by atoms with Gasteiger partial charge in [-0.1, -0.05) is 30.3 Å². The van der Waals surface area contributed by atoms with E-state index < -0.39 is 0 Å². The monoisotopic (exact) mass is 336 g/mol. The fourth-order valence-electron chi connectivity index (χ4n) is 2.56. The number of ether oxygens (including phenoxy) is 1. The summed E-state index contributed by atoms with van der Waals surface area (Å²) in [4.78, 5) is 0. The van der Waals surface area contributed by atoms with Crippen LogP contribution in [0.2, 0.25) is 0 Å². The van der Waals surface area contributed by atoms with E-state index in [1.54, 1.807) is 6.07 Å². The standard InChI is InChI=1S/C15H14BrFN2O/c16-13-10(4-2-6-12(13)17)14(19-18)11-5-1-3-9-7-8-20-15(9)11/h1-6,14,19H,7-8,18H2. The Bertz CT molecular complexity index is 648. The van der Waals surface area contributed by atoms with E-state index in [1.807, 2.05) is 24.3 Å². The highest BCUT2D eigenvalue weighted by Gasteiger charge is 2.24. The molecule has 3 N–H and O–H groups in total. The maximum absolute atomic E-state index is 13.7. The average molecular weight is 337 g/mol. The van der Waals surface area contributed by atoms with Crippen LogP contribution in [-0.4, -0.2) is 6.61 Å². The molecular weight excluding hydrogens is 323 g/mol. The second kappa shape index (κ2) is 5.52. The molecule has 0 saturated heterocycles. The summed E-state index contributed by atoms with van der Waals surface area (Å²) >= 11 is 3.29. The summed E-state index contributed by atoms with van der Waals surface area (Å²) in [6, 6.07) is 10.6. The number of hydrogen-bond donors (Lipinski definition) is 2. The van der Waals surface area contributed by atoms with Gasteiger partial charge >= 0.3 is 0 Å². The first kappa shape index (κ1) is 13.5. The number of hydrazine groups is 1. The Morgan fingerprint density at radius 1 is 1.20 bits per heavy atom. The van der Waals surface area contributed by atoms with Gasteiger partial charge < -0.3 is 4.74 Å². The SMILES string of the molecule is NNC(c1cccc(F)c1Br)c1cccc2c1OCC2. The van der Waals surface area contributed by atoms with Crippen molar-refractivity contribution < 1.29 is 9.13 Å². The summed E-state index contributed by atoms with van der Waals surface area (Å²) in [6.45, 7) is 0.675. The summed E-state index contributed by atoms with van der Waals surface area (Å²) in [5.74, 6) is 6.25. The van der Waals surface area contributed by atoms with Gasteiger partial charge in [0, 0.05) is 12.0 Å². The molecule has 104 valence electrons. The average Bonchev–Trinajstić information content (AvgIpc) is 2.93. The molecule has 0 aliphatic carbocycles. The van der Waals surface area contributed by atoms with E-state index in [9.17, 15) is 4.39 Å². The van der Waals surface area contributed by atoms with Gasteiger partial charge in [0.1, 0.15) is 11.6 Å². The minimum atomic E-state index is -0.326. The Morgan fingerprint density at radius 2 is 1.95 bits per heavy atom. The molecule has 1 atom stereocenters. The molecule has 1 unspecified atom stereocenters. The lowest BCUT2D eigenvalue weighted by Crippen LogP contribution is -2.29. The minimum absolute atomic E-state index is 0.309. The van der Waals surface area contributed by atoms with E-state index >= 15 is 0 Å². The molecule has 1 aliphatic heterocycles. The van der Waals surface area contributed by atoms with E-state index in [-0.39, 0.29) is 11.9 Å². The molecule has 0 bridgehead atoms. The van der Waals surface area contributed by atoms with Gasteiger partial charge in [-0.3, -0.25) is 5.84 Å². The van der Waals surface area contributed by atoms with Crippen molar-refractivity contribution in [2.45, 2.75) is 12.5 Å². The van der Waals surface area contributed by atoms with Crippen LogP contribution in [0.25, 0.3) is 0 Å². The third-order valence-corrected chi connectivity index (χ3v) is 4.35. The highest BCUT2D eigenvalue weighted by atomic mass is 79.9. The zero-order valence-electron chi connectivity index (χ0n) is 10.7. The number of para-hydroxylation sites is 1. The van der Waals surface area contributed by atoms with Crippen molar-refractivity contribution in [2.75, 3.05) is 6.61 Å². The van der Waals surface area contributed by atoms with E-state index in [0.717, 1.165) is 28.9 Å². The number of nitrogens with one attached hydrogen (secondary N) is 1. The number of hydrogen-bond acceptors (Lipinski definition) is 3. The maximum Gasteiger partial charge on any atom is 0.137 e. The Balaban J connectivity index is 2.11. The number of rotatable bonds is 3. The van der Waals surface area contributed by atoms with Crippen molar-refractivity contribution in [1.29, 1.82) is 0 Å². The predicted octanol–water partition coefficient (Wildman–Crippen LogP) is 3.08. The molecule has 1 aliphatic rings. The van der Waals surface area contributed by atoms with Crippen LogP contribution in [0, 0.1) is 5.82 Å². The Labute approximate surface area is 125 Å².